The molecule has 0 aromatic carbocycles. The van der Waals surface area contributed by atoms with Gasteiger partial charge in [-0.3, -0.25) is 0 Å². The van der Waals surface area contributed by atoms with Crippen LogP contribution in [0.5, 0.6) is 0 Å². The zero-order chi connectivity index (χ0) is 8.85. The highest BCUT2D eigenvalue weighted by Crippen LogP contribution is 2.16. The van der Waals surface area contributed by atoms with Gasteiger partial charge in [0.05, 0.1) is 0 Å². The summed E-state index contributed by atoms with van der Waals surface area (Å²) in [6.07, 6.45) is 0. The largest absolute Gasteiger partial charge is 0.400 e. The van der Waals surface area contributed by atoms with Gasteiger partial charge in [-0.25, -0.2) is 0 Å². The summed E-state index contributed by atoms with van der Waals surface area (Å²) < 4.78 is 10.5. The lowest BCUT2D eigenvalue weighted by atomic mass is 10.0. The Balaban J connectivity index is 3.62. The number of rotatable bonds is 5. The molecule has 0 fully saturated rings. The van der Waals surface area contributed by atoms with Gasteiger partial charge in [0, 0.05) is 14.2 Å². The topological polar surface area (TPSA) is 18.5 Å². The first-order valence-electron chi connectivity index (χ1n) is 4.17. The Morgan fingerprint density at radius 1 is 1.09 bits per heavy atom. The molecule has 2 nitrogen and oxygen atoms in total. The Bertz CT molecular complexity index is 92.1. The summed E-state index contributed by atoms with van der Waals surface area (Å²) in [5.41, 5.74) is 0. The maximum atomic E-state index is 5.24. The summed E-state index contributed by atoms with van der Waals surface area (Å²) >= 11 is 0. The average molecular weight is 176 g/mol. The molecule has 0 saturated heterocycles. The maximum absolute atomic E-state index is 5.24. The van der Waals surface area contributed by atoms with Gasteiger partial charge in [0.2, 0.25) is 0 Å². The molecule has 0 N–H and O–H groups in total. The van der Waals surface area contributed by atoms with E-state index < -0.39 is 9.28 Å². The zero-order valence-corrected chi connectivity index (χ0v) is 9.41. The van der Waals surface area contributed by atoms with Gasteiger partial charge in [-0.1, -0.05) is 20.8 Å². The van der Waals surface area contributed by atoms with Crippen molar-refractivity contribution in [2.75, 3.05) is 14.2 Å². The maximum Gasteiger partial charge on any atom is 0.321 e. The van der Waals surface area contributed by atoms with E-state index in [1.54, 1.807) is 14.2 Å². The molecule has 0 saturated carbocycles. The minimum Gasteiger partial charge on any atom is -0.400 e. The lowest BCUT2D eigenvalue weighted by Gasteiger charge is -2.19. The van der Waals surface area contributed by atoms with E-state index in [9.17, 15) is 0 Å². The van der Waals surface area contributed by atoms with Gasteiger partial charge in [-0.2, -0.15) is 0 Å². The Hall–Kier alpha value is 0.137. The van der Waals surface area contributed by atoms with Crippen molar-refractivity contribution in [3.05, 3.63) is 0 Å². The predicted octanol–water partition coefficient (Wildman–Crippen LogP) is 1.79. The van der Waals surface area contributed by atoms with Gasteiger partial charge in [0.15, 0.2) is 0 Å². The highest BCUT2D eigenvalue weighted by atomic mass is 28.3. The van der Waals surface area contributed by atoms with Crippen molar-refractivity contribution < 1.29 is 8.85 Å². The van der Waals surface area contributed by atoms with Crippen LogP contribution in [0, 0.1) is 11.8 Å². The smallest absolute Gasteiger partial charge is 0.321 e. The summed E-state index contributed by atoms with van der Waals surface area (Å²) in [6.45, 7) is 6.73. The molecule has 1 atom stereocenters. The van der Waals surface area contributed by atoms with Crippen LogP contribution in [0.25, 0.3) is 0 Å². The molecule has 0 aliphatic carbocycles. The van der Waals surface area contributed by atoms with Crippen molar-refractivity contribution in [1.82, 2.24) is 0 Å². The molecule has 0 radical (unpaired) electrons. The zero-order valence-electron chi connectivity index (χ0n) is 8.26. The first-order valence-corrected chi connectivity index (χ1v) is 5.93. The third kappa shape index (κ3) is 4.56. The monoisotopic (exact) mass is 176 g/mol. The lowest BCUT2D eigenvalue weighted by Crippen LogP contribution is -2.23. The minimum absolute atomic E-state index is 0.714. The molecule has 0 rings (SSSR count). The second-order valence-corrected chi connectivity index (χ2v) is 5.63. The van der Waals surface area contributed by atoms with E-state index in [-0.39, 0.29) is 0 Å². The van der Waals surface area contributed by atoms with Gasteiger partial charge in [-0.15, -0.1) is 0 Å². The Kier molecular flexibility index (Phi) is 5.82. The van der Waals surface area contributed by atoms with Gasteiger partial charge >= 0.3 is 9.28 Å². The fourth-order valence-corrected chi connectivity index (χ4v) is 2.59. The third-order valence-corrected chi connectivity index (χ3v) is 4.41. The van der Waals surface area contributed by atoms with Gasteiger partial charge in [-0.05, 0) is 17.9 Å². The second kappa shape index (κ2) is 5.74. The van der Waals surface area contributed by atoms with Crippen LogP contribution in [-0.4, -0.2) is 23.5 Å². The molecule has 0 aliphatic heterocycles. The minimum atomic E-state index is -1.31. The van der Waals surface area contributed by atoms with E-state index in [2.05, 4.69) is 20.8 Å². The average Bonchev–Trinajstić information content (AvgIpc) is 1.99. The van der Waals surface area contributed by atoms with Gasteiger partial charge < -0.3 is 8.85 Å². The fourth-order valence-electron chi connectivity index (χ4n) is 0.864. The van der Waals surface area contributed by atoms with Crippen LogP contribution < -0.4 is 0 Å². The van der Waals surface area contributed by atoms with Crippen LogP contribution in [0.3, 0.4) is 0 Å². The van der Waals surface area contributed by atoms with E-state index in [4.69, 9.17) is 8.85 Å². The first-order chi connectivity index (χ1) is 5.11. The molecular formula is C8H20O2Si. The van der Waals surface area contributed by atoms with Crippen molar-refractivity contribution in [2.45, 2.75) is 26.8 Å². The molecule has 0 aromatic heterocycles. The number of hydrogen-bond donors (Lipinski definition) is 0. The predicted molar refractivity (Wildman–Crippen MR) is 50.0 cm³/mol. The van der Waals surface area contributed by atoms with E-state index in [0.29, 0.717) is 5.92 Å². The Morgan fingerprint density at radius 2 is 1.55 bits per heavy atom. The summed E-state index contributed by atoms with van der Waals surface area (Å²) in [5, 5.41) is 0. The van der Waals surface area contributed by atoms with Crippen molar-refractivity contribution >= 4 is 9.28 Å². The van der Waals surface area contributed by atoms with Crippen LogP contribution in [-0.2, 0) is 8.85 Å². The molecular weight excluding hydrogens is 156 g/mol. The van der Waals surface area contributed by atoms with Crippen LogP contribution in [0.15, 0.2) is 0 Å². The quantitative estimate of drug-likeness (QED) is 0.595. The summed E-state index contributed by atoms with van der Waals surface area (Å²) in [6, 6.07) is 1.12. The van der Waals surface area contributed by atoms with Crippen molar-refractivity contribution in [1.29, 1.82) is 0 Å². The van der Waals surface area contributed by atoms with Crippen molar-refractivity contribution in [3.63, 3.8) is 0 Å². The molecule has 0 aromatic rings. The van der Waals surface area contributed by atoms with E-state index in [0.717, 1.165) is 12.0 Å². The second-order valence-electron chi connectivity index (χ2n) is 3.36. The molecule has 0 amide bonds. The molecule has 0 aliphatic rings. The van der Waals surface area contributed by atoms with E-state index >= 15 is 0 Å². The summed E-state index contributed by atoms with van der Waals surface area (Å²) in [4.78, 5) is 0. The normalized spacial score (nSPS) is 14.5. The third-order valence-electron chi connectivity index (χ3n) is 2.23. The van der Waals surface area contributed by atoms with E-state index in [1.807, 2.05) is 0 Å². The Labute approximate surface area is 71.7 Å². The molecule has 3 heteroatoms. The molecule has 0 bridgehead atoms. The molecule has 11 heavy (non-hydrogen) atoms. The highest BCUT2D eigenvalue weighted by Gasteiger charge is 2.16. The van der Waals surface area contributed by atoms with Crippen LogP contribution in [0.4, 0.5) is 0 Å². The highest BCUT2D eigenvalue weighted by molar-refractivity contribution is 6.44. The standard InChI is InChI=1S/C8H20O2Si/c1-7(2)8(3)6-11(9-4)10-5/h7-8,11H,6H2,1-5H3. The van der Waals surface area contributed by atoms with Crippen LogP contribution in [0.2, 0.25) is 6.04 Å². The van der Waals surface area contributed by atoms with Gasteiger partial charge in [0.25, 0.3) is 0 Å². The van der Waals surface area contributed by atoms with E-state index in [1.165, 1.54) is 0 Å². The SMILES string of the molecule is CO[SiH](CC(C)C(C)C)OC. The Morgan fingerprint density at radius 3 is 1.82 bits per heavy atom. The van der Waals surface area contributed by atoms with Gasteiger partial charge in [0.1, 0.15) is 0 Å². The van der Waals surface area contributed by atoms with Crippen LogP contribution in [0.1, 0.15) is 20.8 Å². The summed E-state index contributed by atoms with van der Waals surface area (Å²) in [5.74, 6) is 1.45. The molecule has 68 valence electrons. The number of hydrogen-bond acceptors (Lipinski definition) is 2. The molecule has 0 heterocycles. The fraction of sp³-hybridized carbons (Fsp3) is 1.00. The summed E-state index contributed by atoms with van der Waals surface area (Å²) in [7, 11) is 2.18. The van der Waals surface area contributed by atoms with Crippen molar-refractivity contribution in [2.24, 2.45) is 11.8 Å². The first kappa shape index (κ1) is 11.1. The lowest BCUT2D eigenvalue weighted by molar-refractivity contribution is 0.264. The molecule has 0 spiro atoms. The van der Waals surface area contributed by atoms with Crippen molar-refractivity contribution in [3.8, 4) is 0 Å². The van der Waals surface area contributed by atoms with Crippen LogP contribution >= 0.6 is 0 Å². The molecule has 1 unspecified atom stereocenters.